The van der Waals surface area contributed by atoms with E-state index in [0.29, 0.717) is 6.54 Å². The summed E-state index contributed by atoms with van der Waals surface area (Å²) >= 11 is 0. The van der Waals surface area contributed by atoms with Crippen molar-refractivity contribution >= 4 is 29.9 Å². The number of carbonyl (C=O) groups excluding carboxylic acids is 1. The van der Waals surface area contributed by atoms with E-state index >= 15 is 0 Å². The lowest BCUT2D eigenvalue weighted by atomic mass is 9.76. The van der Waals surface area contributed by atoms with E-state index in [9.17, 15) is 4.79 Å². The Morgan fingerprint density at radius 1 is 1.07 bits per heavy atom. The Balaban J connectivity index is 2.07. The Morgan fingerprint density at radius 2 is 1.70 bits per heavy atom. The van der Waals surface area contributed by atoms with Crippen molar-refractivity contribution in [2.24, 2.45) is 0 Å². The molecular formula is C22H28BNO3. The van der Waals surface area contributed by atoms with Crippen LogP contribution in [-0.4, -0.2) is 30.8 Å². The van der Waals surface area contributed by atoms with Crippen molar-refractivity contribution in [1.29, 1.82) is 0 Å². The van der Waals surface area contributed by atoms with E-state index in [1.54, 1.807) is 0 Å². The molecule has 27 heavy (non-hydrogen) atoms. The van der Waals surface area contributed by atoms with Gasteiger partial charge in [-0.1, -0.05) is 42.5 Å². The molecule has 0 radical (unpaired) electrons. The molecule has 5 heteroatoms. The number of rotatable bonds is 4. The minimum Gasteiger partial charge on any atom is -0.400 e. The summed E-state index contributed by atoms with van der Waals surface area (Å²) in [5.41, 5.74) is 2.35. The fraction of sp³-hybridized carbons (Fsp3) is 0.409. The van der Waals surface area contributed by atoms with E-state index in [1.807, 2.05) is 39.8 Å². The molecule has 0 aliphatic carbocycles. The molecule has 0 atom stereocenters. The Morgan fingerprint density at radius 3 is 2.33 bits per heavy atom. The van der Waals surface area contributed by atoms with Crippen LogP contribution in [-0.2, 0) is 14.1 Å². The van der Waals surface area contributed by atoms with Crippen LogP contribution in [0.3, 0.4) is 0 Å². The molecule has 0 saturated carbocycles. The van der Waals surface area contributed by atoms with Gasteiger partial charge < -0.3 is 14.6 Å². The Hall–Kier alpha value is -2.11. The van der Waals surface area contributed by atoms with Gasteiger partial charge in [0.1, 0.15) is 0 Å². The average Bonchev–Trinajstić information content (AvgIpc) is 2.80. The number of nitrogens with one attached hydrogen (secondary N) is 1. The number of amides is 1. The highest BCUT2D eigenvalue weighted by molar-refractivity contribution is 6.56. The molecule has 1 heterocycles. The molecule has 2 aromatic carbocycles. The van der Waals surface area contributed by atoms with Crippen molar-refractivity contribution in [3.8, 4) is 0 Å². The van der Waals surface area contributed by atoms with Crippen LogP contribution in [0.4, 0.5) is 0 Å². The monoisotopic (exact) mass is 365 g/mol. The molecule has 1 aliphatic rings. The predicted octanol–water partition coefficient (Wildman–Crippen LogP) is 4.30. The van der Waals surface area contributed by atoms with Gasteiger partial charge in [0.2, 0.25) is 5.91 Å². The molecule has 1 aliphatic heterocycles. The number of aryl methyl sites for hydroxylation is 1. The third-order valence-corrected chi connectivity index (χ3v) is 5.62. The summed E-state index contributed by atoms with van der Waals surface area (Å²) < 4.78 is 12.5. The number of hydrogen-bond acceptors (Lipinski definition) is 3. The van der Waals surface area contributed by atoms with Gasteiger partial charge in [0.25, 0.3) is 0 Å². The van der Waals surface area contributed by atoms with Crippen molar-refractivity contribution in [3.63, 3.8) is 0 Å². The second kappa shape index (κ2) is 7.14. The largest absolute Gasteiger partial charge is 0.492 e. The number of hydrogen-bond donors (Lipinski definition) is 1. The number of carbonyl (C=O) groups is 1. The van der Waals surface area contributed by atoms with Crippen molar-refractivity contribution < 1.29 is 14.1 Å². The lowest BCUT2D eigenvalue weighted by Gasteiger charge is -2.32. The van der Waals surface area contributed by atoms with E-state index in [-0.39, 0.29) is 5.91 Å². The first kappa shape index (κ1) is 19.7. The summed E-state index contributed by atoms with van der Waals surface area (Å²) in [7, 11) is -0.500. The average molecular weight is 365 g/mol. The van der Waals surface area contributed by atoms with Crippen molar-refractivity contribution in [2.75, 3.05) is 6.54 Å². The van der Waals surface area contributed by atoms with Crippen molar-refractivity contribution in [2.45, 2.75) is 52.7 Å². The number of fused-ring (bicyclic) bond motifs is 1. The second-order valence-electron chi connectivity index (χ2n) is 8.23. The van der Waals surface area contributed by atoms with Gasteiger partial charge in [-0.25, -0.2) is 0 Å². The standard InChI is InChI=1S/C22H28BNO3/c1-15-11-12-17-9-7-8-10-19(17)20(15)13-18(14-24-16(2)25)23-26-21(3,4)22(5,6)27-23/h7-13H,14H2,1-6H3,(H,24,25). The van der Waals surface area contributed by atoms with Gasteiger partial charge in [-0.15, -0.1) is 0 Å². The fourth-order valence-corrected chi connectivity index (χ4v) is 3.20. The van der Waals surface area contributed by atoms with Crippen LogP contribution in [0.1, 0.15) is 45.7 Å². The minimum atomic E-state index is -0.500. The summed E-state index contributed by atoms with van der Waals surface area (Å²) in [5, 5.41) is 5.26. The van der Waals surface area contributed by atoms with Crippen molar-refractivity contribution in [3.05, 3.63) is 53.0 Å². The highest BCUT2D eigenvalue weighted by atomic mass is 16.7. The summed E-state index contributed by atoms with van der Waals surface area (Å²) in [6.45, 7) is 12.1. The first-order valence-electron chi connectivity index (χ1n) is 9.39. The molecule has 3 rings (SSSR count). The quantitative estimate of drug-likeness (QED) is 0.822. The van der Waals surface area contributed by atoms with Crippen LogP contribution >= 0.6 is 0 Å². The summed E-state index contributed by atoms with van der Waals surface area (Å²) in [5.74, 6) is -0.0768. The third-order valence-electron chi connectivity index (χ3n) is 5.62. The molecule has 142 valence electrons. The first-order chi connectivity index (χ1) is 12.6. The van der Waals surface area contributed by atoms with Crippen LogP contribution in [0.25, 0.3) is 16.8 Å². The lowest BCUT2D eigenvalue weighted by Crippen LogP contribution is -2.41. The topological polar surface area (TPSA) is 47.6 Å². The Labute approximate surface area is 162 Å². The van der Waals surface area contributed by atoms with E-state index in [0.717, 1.165) is 11.0 Å². The molecule has 1 N–H and O–H groups in total. The molecule has 1 amide bonds. The van der Waals surface area contributed by atoms with Gasteiger partial charge >= 0.3 is 7.12 Å². The molecular weight excluding hydrogens is 337 g/mol. The zero-order valence-corrected chi connectivity index (χ0v) is 17.1. The third kappa shape index (κ3) is 3.94. The molecule has 2 aromatic rings. The van der Waals surface area contributed by atoms with E-state index in [2.05, 4.69) is 42.6 Å². The second-order valence-corrected chi connectivity index (χ2v) is 8.23. The van der Waals surface area contributed by atoms with Crippen LogP contribution in [0.15, 0.2) is 41.9 Å². The predicted molar refractivity (Wildman–Crippen MR) is 111 cm³/mol. The molecule has 0 aromatic heterocycles. The molecule has 0 spiro atoms. The minimum absolute atomic E-state index is 0.0768. The number of benzene rings is 2. The molecule has 1 saturated heterocycles. The smallest absolute Gasteiger partial charge is 0.400 e. The highest BCUT2D eigenvalue weighted by Crippen LogP contribution is 2.39. The zero-order valence-electron chi connectivity index (χ0n) is 17.1. The Kier molecular flexibility index (Phi) is 5.19. The maximum absolute atomic E-state index is 11.5. The van der Waals surface area contributed by atoms with E-state index in [4.69, 9.17) is 9.31 Å². The van der Waals surface area contributed by atoms with Crippen LogP contribution < -0.4 is 5.32 Å². The van der Waals surface area contributed by atoms with Gasteiger partial charge in [0.15, 0.2) is 0 Å². The maximum Gasteiger partial charge on any atom is 0.492 e. The van der Waals surface area contributed by atoms with Gasteiger partial charge in [-0.2, -0.15) is 0 Å². The normalized spacial score (nSPS) is 18.7. The van der Waals surface area contributed by atoms with Crippen LogP contribution in [0.2, 0.25) is 0 Å². The molecule has 1 fully saturated rings. The maximum atomic E-state index is 11.5. The first-order valence-corrected chi connectivity index (χ1v) is 9.39. The summed E-state index contributed by atoms with van der Waals surface area (Å²) in [6.07, 6.45) is 2.11. The fourth-order valence-electron chi connectivity index (χ4n) is 3.20. The van der Waals surface area contributed by atoms with E-state index in [1.165, 1.54) is 23.3 Å². The van der Waals surface area contributed by atoms with Gasteiger partial charge in [0.05, 0.1) is 11.2 Å². The van der Waals surface area contributed by atoms with Gasteiger partial charge in [-0.05, 0) is 62.0 Å². The van der Waals surface area contributed by atoms with Gasteiger partial charge in [0, 0.05) is 13.5 Å². The van der Waals surface area contributed by atoms with Crippen LogP contribution in [0, 0.1) is 6.92 Å². The Bertz CT molecular complexity index is 886. The van der Waals surface area contributed by atoms with Crippen LogP contribution in [0.5, 0.6) is 0 Å². The van der Waals surface area contributed by atoms with E-state index < -0.39 is 18.3 Å². The zero-order chi connectivity index (χ0) is 19.8. The molecule has 4 nitrogen and oxygen atoms in total. The highest BCUT2D eigenvalue weighted by Gasteiger charge is 2.52. The summed E-state index contributed by atoms with van der Waals surface area (Å²) in [4.78, 5) is 11.5. The summed E-state index contributed by atoms with van der Waals surface area (Å²) in [6, 6.07) is 12.6. The lowest BCUT2D eigenvalue weighted by molar-refractivity contribution is -0.118. The SMILES string of the molecule is CC(=O)NCC(=Cc1c(C)ccc2ccccc12)B1OC(C)(C)C(C)(C)O1. The van der Waals surface area contributed by atoms with Gasteiger partial charge in [-0.3, -0.25) is 4.79 Å². The van der Waals surface area contributed by atoms with Crippen molar-refractivity contribution in [1.82, 2.24) is 5.32 Å². The molecule has 0 unspecified atom stereocenters. The molecule has 0 bridgehead atoms.